The van der Waals surface area contributed by atoms with Crippen LogP contribution in [0, 0.1) is 0 Å². The average molecular weight is 292 g/mol. The highest BCUT2D eigenvalue weighted by Crippen LogP contribution is 2.34. The molecule has 2 N–H and O–H groups in total. The van der Waals surface area contributed by atoms with Crippen molar-refractivity contribution < 1.29 is 9.84 Å². The first kappa shape index (κ1) is 16.1. The van der Waals surface area contributed by atoms with Gasteiger partial charge in [-0.15, -0.1) is 0 Å². The zero-order valence-corrected chi connectivity index (χ0v) is 13.6. The van der Waals surface area contributed by atoms with Crippen molar-refractivity contribution in [2.24, 2.45) is 0 Å². The fraction of sp³-hybridized carbons (Fsp3) is 0.647. The Morgan fingerprint density at radius 1 is 1.33 bits per heavy atom. The van der Waals surface area contributed by atoms with Gasteiger partial charge in [0, 0.05) is 18.1 Å². The number of hydrogen-bond donors (Lipinski definition) is 2. The van der Waals surface area contributed by atoms with E-state index < -0.39 is 0 Å². The molecule has 118 valence electrons. The summed E-state index contributed by atoms with van der Waals surface area (Å²) in [6, 6.07) is 5.79. The van der Waals surface area contributed by atoms with E-state index in [-0.39, 0.29) is 17.3 Å². The molecule has 0 aliphatic heterocycles. The molecule has 21 heavy (non-hydrogen) atoms. The van der Waals surface area contributed by atoms with Crippen LogP contribution in [-0.2, 0) is 0 Å². The maximum absolute atomic E-state index is 9.68. The van der Waals surface area contributed by atoms with E-state index in [1.165, 1.54) is 25.7 Å². The molecule has 0 bridgehead atoms. The maximum atomic E-state index is 9.68. The molecule has 1 aliphatic rings. The lowest BCUT2D eigenvalue weighted by Crippen LogP contribution is -2.50. The smallest absolute Gasteiger partial charge is 0.160 e. The van der Waals surface area contributed by atoms with Crippen molar-refractivity contribution in [3.05, 3.63) is 23.8 Å². The van der Waals surface area contributed by atoms with Crippen LogP contribution >= 0.6 is 0 Å². The van der Waals surface area contributed by atoms with Crippen LogP contribution in [0.2, 0.25) is 0 Å². The highest BCUT2D eigenvalue weighted by molar-refractivity contribution is 5.42. The molecule has 0 radical (unpaired) electrons. The Kier molecular flexibility index (Phi) is 5.12. The Labute approximate surface area is 128 Å². The fourth-order valence-corrected chi connectivity index (χ4v) is 3.24. The van der Waals surface area contributed by atoms with E-state index in [1.54, 1.807) is 13.2 Å². The quantitative estimate of drug-likeness (QED) is 0.846. The van der Waals surface area contributed by atoms with Gasteiger partial charge in [-0.3, -0.25) is 0 Å². The molecule has 1 atom stereocenters. The van der Waals surface area contributed by atoms with E-state index in [2.05, 4.69) is 31.2 Å². The Balaban J connectivity index is 2.02. The number of nitrogens with one attached hydrogen (secondary N) is 1. The number of rotatable bonds is 6. The van der Waals surface area contributed by atoms with Crippen LogP contribution in [0.15, 0.2) is 18.2 Å². The Bertz CT molecular complexity index is 468. The molecule has 0 spiro atoms. The van der Waals surface area contributed by atoms with E-state index >= 15 is 0 Å². The Hall–Kier alpha value is -1.26. The van der Waals surface area contributed by atoms with Gasteiger partial charge < -0.3 is 20.1 Å². The molecule has 4 heteroatoms. The summed E-state index contributed by atoms with van der Waals surface area (Å²) in [6.45, 7) is 3.15. The largest absolute Gasteiger partial charge is 0.504 e. The van der Waals surface area contributed by atoms with Crippen molar-refractivity contribution in [3.8, 4) is 11.5 Å². The minimum atomic E-state index is 0.189. The van der Waals surface area contributed by atoms with Gasteiger partial charge in [0.2, 0.25) is 0 Å². The molecule has 0 aromatic heterocycles. The molecular formula is C17H28N2O2. The molecular weight excluding hydrogens is 264 g/mol. The third-order valence-corrected chi connectivity index (χ3v) is 4.92. The minimum Gasteiger partial charge on any atom is -0.504 e. The number of phenolic OH excluding ortho intramolecular Hbond substituents is 1. The second-order valence-corrected chi connectivity index (χ2v) is 6.36. The van der Waals surface area contributed by atoms with Crippen molar-refractivity contribution in [2.45, 2.75) is 44.2 Å². The molecule has 2 rings (SSSR count). The van der Waals surface area contributed by atoms with Gasteiger partial charge >= 0.3 is 0 Å². The molecule has 1 aromatic carbocycles. The van der Waals surface area contributed by atoms with E-state index in [1.807, 2.05) is 12.1 Å². The second-order valence-electron chi connectivity index (χ2n) is 6.36. The number of hydrogen-bond acceptors (Lipinski definition) is 4. The van der Waals surface area contributed by atoms with E-state index in [4.69, 9.17) is 4.74 Å². The van der Waals surface area contributed by atoms with Crippen LogP contribution < -0.4 is 10.1 Å². The van der Waals surface area contributed by atoms with E-state index in [0.29, 0.717) is 5.75 Å². The molecule has 1 aromatic rings. The number of aromatic hydroxyl groups is 1. The summed E-state index contributed by atoms with van der Waals surface area (Å²) in [6.07, 6.45) is 5.17. The van der Waals surface area contributed by atoms with E-state index in [9.17, 15) is 5.11 Å². The van der Waals surface area contributed by atoms with E-state index in [0.717, 1.165) is 12.1 Å². The zero-order valence-electron chi connectivity index (χ0n) is 13.6. The first-order valence-electron chi connectivity index (χ1n) is 7.76. The minimum absolute atomic E-state index is 0.189. The third-order valence-electron chi connectivity index (χ3n) is 4.92. The predicted molar refractivity (Wildman–Crippen MR) is 86.0 cm³/mol. The topological polar surface area (TPSA) is 44.7 Å². The summed E-state index contributed by atoms with van der Waals surface area (Å²) < 4.78 is 5.19. The van der Waals surface area contributed by atoms with Crippen LogP contribution in [-0.4, -0.2) is 43.3 Å². The fourth-order valence-electron chi connectivity index (χ4n) is 3.24. The van der Waals surface area contributed by atoms with Gasteiger partial charge in [-0.25, -0.2) is 0 Å². The number of benzene rings is 1. The molecule has 1 saturated carbocycles. The van der Waals surface area contributed by atoms with Crippen LogP contribution in [0.5, 0.6) is 11.5 Å². The maximum Gasteiger partial charge on any atom is 0.160 e. The predicted octanol–water partition coefficient (Wildman–Crippen LogP) is 2.93. The number of likely N-dealkylation sites (N-methyl/N-ethyl adjacent to an activating group) is 1. The summed E-state index contributed by atoms with van der Waals surface area (Å²) in [5, 5.41) is 13.3. The van der Waals surface area contributed by atoms with Crippen LogP contribution in [0.25, 0.3) is 0 Å². The van der Waals surface area contributed by atoms with Gasteiger partial charge in [0.05, 0.1) is 7.11 Å². The molecule has 4 nitrogen and oxygen atoms in total. The first-order valence-corrected chi connectivity index (χ1v) is 7.76. The molecule has 1 aliphatic carbocycles. The van der Waals surface area contributed by atoms with Gasteiger partial charge in [0.15, 0.2) is 11.5 Å². The Morgan fingerprint density at radius 3 is 2.57 bits per heavy atom. The molecule has 0 heterocycles. The van der Waals surface area contributed by atoms with Gasteiger partial charge in [0.25, 0.3) is 0 Å². The monoisotopic (exact) mass is 292 g/mol. The summed E-state index contributed by atoms with van der Waals surface area (Å²) in [7, 11) is 5.94. The lowest BCUT2D eigenvalue weighted by molar-refractivity contribution is 0.150. The number of methoxy groups -OCH3 is 1. The summed E-state index contributed by atoms with van der Waals surface area (Å²) >= 11 is 0. The lowest BCUT2D eigenvalue weighted by atomic mass is 9.95. The van der Waals surface area contributed by atoms with Gasteiger partial charge in [0.1, 0.15) is 0 Å². The Morgan fingerprint density at radius 2 is 2.00 bits per heavy atom. The van der Waals surface area contributed by atoms with Crippen LogP contribution in [0.3, 0.4) is 0 Å². The molecule has 1 fully saturated rings. The SMILES string of the molecule is COc1cc(C(C)NCC2(N(C)C)CCCC2)ccc1O. The lowest BCUT2D eigenvalue weighted by Gasteiger charge is -2.37. The first-order chi connectivity index (χ1) is 9.98. The summed E-state index contributed by atoms with van der Waals surface area (Å²) in [5.74, 6) is 0.721. The van der Waals surface area contributed by atoms with Crippen LogP contribution in [0.4, 0.5) is 0 Å². The van der Waals surface area contributed by atoms with Gasteiger partial charge in [-0.2, -0.15) is 0 Å². The summed E-state index contributed by atoms with van der Waals surface area (Å²) in [4.78, 5) is 2.37. The van der Waals surface area contributed by atoms with Crippen molar-refractivity contribution >= 4 is 0 Å². The standard InChI is InChI=1S/C17H28N2O2/c1-13(14-7-8-15(20)16(11-14)21-4)18-12-17(19(2)3)9-5-6-10-17/h7-8,11,13,18,20H,5-6,9-10,12H2,1-4H3. The van der Waals surface area contributed by atoms with Crippen molar-refractivity contribution in [1.29, 1.82) is 0 Å². The third kappa shape index (κ3) is 3.50. The molecule has 0 amide bonds. The molecule has 0 saturated heterocycles. The normalized spacial score (nSPS) is 18.9. The van der Waals surface area contributed by atoms with Gasteiger partial charge in [-0.1, -0.05) is 18.9 Å². The average Bonchev–Trinajstić information content (AvgIpc) is 2.95. The van der Waals surface area contributed by atoms with Crippen LogP contribution in [0.1, 0.15) is 44.2 Å². The zero-order chi connectivity index (χ0) is 15.5. The second kappa shape index (κ2) is 6.67. The van der Waals surface area contributed by atoms with Crippen molar-refractivity contribution in [2.75, 3.05) is 27.7 Å². The van der Waals surface area contributed by atoms with Gasteiger partial charge in [-0.05, 0) is 51.6 Å². The van der Waals surface area contributed by atoms with Crippen molar-refractivity contribution in [3.63, 3.8) is 0 Å². The number of nitrogens with zero attached hydrogens (tertiary/aromatic N) is 1. The highest BCUT2D eigenvalue weighted by atomic mass is 16.5. The number of ether oxygens (including phenoxy) is 1. The summed E-state index contributed by atoms with van der Waals surface area (Å²) in [5.41, 5.74) is 1.42. The molecule has 1 unspecified atom stereocenters. The highest BCUT2D eigenvalue weighted by Gasteiger charge is 2.35. The van der Waals surface area contributed by atoms with Crippen molar-refractivity contribution in [1.82, 2.24) is 10.2 Å². The number of phenols is 1.